The number of hydrogen-bond donors (Lipinski definition) is 1. The first-order valence-corrected chi connectivity index (χ1v) is 9.78. The van der Waals surface area contributed by atoms with Crippen LogP contribution in [0.1, 0.15) is 29.2 Å². The third-order valence-electron chi connectivity index (χ3n) is 5.43. The zero-order valence-electron chi connectivity index (χ0n) is 18.0. The van der Waals surface area contributed by atoms with Gasteiger partial charge in [0, 0.05) is 13.2 Å². The number of amides is 1. The Bertz CT molecular complexity index is 1140. The molecule has 166 valence electrons. The number of hydrogen-bond acceptors (Lipinski definition) is 4. The second-order valence-electron chi connectivity index (χ2n) is 7.44. The van der Waals surface area contributed by atoms with Crippen LogP contribution in [-0.2, 0) is 10.2 Å². The minimum Gasteiger partial charge on any atom is -0.435 e. The summed E-state index contributed by atoms with van der Waals surface area (Å²) in [6.07, 6.45) is 4.67. The molecule has 0 aromatic heterocycles. The number of likely N-dealkylation sites (N-methyl/N-ethyl adjacent to an activating group) is 1. The molecule has 3 rings (SSSR count). The molecule has 1 atom stereocenters. The van der Waals surface area contributed by atoms with E-state index >= 15 is 0 Å². The summed E-state index contributed by atoms with van der Waals surface area (Å²) in [7, 11) is 1.60. The van der Waals surface area contributed by atoms with Crippen LogP contribution in [0.15, 0.2) is 70.5 Å². The molecule has 0 saturated carbocycles. The number of halogens is 2. The number of carbonyl (C=O) groups is 1. The molecule has 2 aromatic carbocycles. The standard InChI is InChI=1S/C24H24F2N4O2/c1-15-10-19(8-9-20(15)32-23(25)26)24(12-21(27)30(4)22(24)31)18-7-5-6-17(11-18)16(2)13-29-14-28-3/h5-14,23H,3,27H2,1-2,4H3/b16-13+,29-14-. The van der Waals surface area contributed by atoms with Crippen molar-refractivity contribution < 1.29 is 18.3 Å². The second-order valence-corrected chi connectivity index (χ2v) is 7.44. The third-order valence-corrected chi connectivity index (χ3v) is 5.43. The summed E-state index contributed by atoms with van der Waals surface area (Å²) in [5, 5.41) is 0. The summed E-state index contributed by atoms with van der Waals surface area (Å²) in [6, 6.07) is 12.2. The summed E-state index contributed by atoms with van der Waals surface area (Å²) < 4.78 is 30.0. The van der Waals surface area contributed by atoms with Gasteiger partial charge in [-0.2, -0.15) is 8.78 Å². The Hall–Kier alpha value is -3.81. The molecule has 0 spiro atoms. The van der Waals surface area contributed by atoms with E-state index < -0.39 is 12.0 Å². The van der Waals surface area contributed by atoms with Gasteiger partial charge in [-0.3, -0.25) is 9.79 Å². The van der Waals surface area contributed by atoms with Gasteiger partial charge in [0.1, 0.15) is 23.3 Å². The highest BCUT2D eigenvalue weighted by Gasteiger charge is 2.47. The Morgan fingerprint density at radius 1 is 1.25 bits per heavy atom. The molecule has 2 N–H and O–H groups in total. The van der Waals surface area contributed by atoms with Gasteiger partial charge in [0.05, 0.1) is 0 Å². The molecule has 6 nitrogen and oxygen atoms in total. The zero-order valence-corrected chi connectivity index (χ0v) is 18.0. The van der Waals surface area contributed by atoms with Crippen LogP contribution < -0.4 is 10.5 Å². The minimum absolute atomic E-state index is 0.0517. The van der Waals surface area contributed by atoms with Crippen LogP contribution in [0.2, 0.25) is 0 Å². The normalized spacial score (nSPS) is 19.1. The van der Waals surface area contributed by atoms with Crippen LogP contribution in [0.4, 0.5) is 8.78 Å². The lowest BCUT2D eigenvalue weighted by molar-refractivity contribution is -0.129. The molecular formula is C24H24F2N4O2. The van der Waals surface area contributed by atoms with Crippen LogP contribution in [-0.4, -0.2) is 37.5 Å². The smallest absolute Gasteiger partial charge is 0.387 e. The minimum atomic E-state index is -2.94. The number of aliphatic imine (C=N–C) groups is 2. The van der Waals surface area contributed by atoms with Gasteiger partial charge in [-0.15, -0.1) is 0 Å². The molecule has 2 aromatic rings. The monoisotopic (exact) mass is 438 g/mol. The lowest BCUT2D eigenvalue weighted by Crippen LogP contribution is -2.39. The number of allylic oxidation sites excluding steroid dienone is 1. The van der Waals surface area contributed by atoms with Crippen molar-refractivity contribution in [3.63, 3.8) is 0 Å². The van der Waals surface area contributed by atoms with Gasteiger partial charge in [0.25, 0.3) is 0 Å². The molecular weight excluding hydrogens is 414 g/mol. The lowest BCUT2D eigenvalue weighted by Gasteiger charge is -2.29. The summed E-state index contributed by atoms with van der Waals surface area (Å²) in [5.74, 6) is 0.111. The van der Waals surface area contributed by atoms with E-state index in [0.717, 1.165) is 11.1 Å². The molecule has 8 heteroatoms. The maximum atomic E-state index is 13.5. The number of benzene rings is 2. The Morgan fingerprint density at radius 3 is 2.56 bits per heavy atom. The Kier molecular flexibility index (Phi) is 6.53. The summed E-state index contributed by atoms with van der Waals surface area (Å²) in [6.45, 7) is 3.96. The number of rotatable bonds is 7. The van der Waals surface area contributed by atoms with Crippen LogP contribution in [0.3, 0.4) is 0 Å². The molecule has 1 amide bonds. The first kappa shape index (κ1) is 22.9. The van der Waals surface area contributed by atoms with Crippen LogP contribution in [0, 0.1) is 6.92 Å². The summed E-state index contributed by atoms with van der Waals surface area (Å²) in [5.41, 5.74) is 8.39. The van der Waals surface area contributed by atoms with E-state index in [1.165, 1.54) is 17.3 Å². The fourth-order valence-electron chi connectivity index (χ4n) is 3.74. The maximum absolute atomic E-state index is 13.5. The van der Waals surface area contributed by atoms with Gasteiger partial charge < -0.3 is 15.4 Å². The number of alkyl halides is 2. The van der Waals surface area contributed by atoms with Gasteiger partial charge in [-0.1, -0.05) is 30.3 Å². The molecule has 0 aliphatic carbocycles. The largest absolute Gasteiger partial charge is 0.435 e. The average molecular weight is 438 g/mol. The SMILES string of the molecule is C=N/C=N\C=C(/C)c1cccc(C2(c3ccc(OC(F)F)c(C)c3)C=C(N)N(C)C2=O)c1. The van der Waals surface area contributed by atoms with Crippen molar-refractivity contribution in [3.05, 3.63) is 82.8 Å². The molecule has 0 bridgehead atoms. The first-order chi connectivity index (χ1) is 15.2. The summed E-state index contributed by atoms with van der Waals surface area (Å²) >= 11 is 0. The molecule has 0 saturated heterocycles. The van der Waals surface area contributed by atoms with Crippen molar-refractivity contribution in [2.75, 3.05) is 7.05 Å². The van der Waals surface area contributed by atoms with E-state index in [2.05, 4.69) is 21.4 Å². The van der Waals surface area contributed by atoms with Gasteiger partial charge >= 0.3 is 6.61 Å². The van der Waals surface area contributed by atoms with Crippen molar-refractivity contribution in [3.8, 4) is 5.75 Å². The highest BCUT2D eigenvalue weighted by atomic mass is 19.3. The van der Waals surface area contributed by atoms with Gasteiger partial charge in [-0.05, 0) is 66.6 Å². The predicted molar refractivity (Wildman–Crippen MR) is 122 cm³/mol. The fraction of sp³-hybridized carbons (Fsp3) is 0.208. The number of nitrogens with zero attached hydrogens (tertiary/aromatic N) is 3. The number of aryl methyl sites for hydroxylation is 1. The molecule has 1 aliphatic heterocycles. The first-order valence-electron chi connectivity index (χ1n) is 9.78. The third kappa shape index (κ3) is 4.16. The maximum Gasteiger partial charge on any atom is 0.387 e. The highest BCUT2D eigenvalue weighted by Crippen LogP contribution is 2.42. The van der Waals surface area contributed by atoms with Crippen molar-refractivity contribution >= 4 is 24.5 Å². The predicted octanol–water partition coefficient (Wildman–Crippen LogP) is 4.24. The van der Waals surface area contributed by atoms with Crippen LogP contribution in [0.25, 0.3) is 5.57 Å². The molecule has 1 aliphatic rings. The van der Waals surface area contributed by atoms with Gasteiger partial charge in [0.2, 0.25) is 5.91 Å². The zero-order chi connectivity index (χ0) is 23.5. The number of ether oxygens (including phenoxy) is 1. The molecule has 32 heavy (non-hydrogen) atoms. The molecule has 0 fully saturated rings. The van der Waals surface area contributed by atoms with E-state index in [1.807, 2.05) is 31.2 Å². The van der Waals surface area contributed by atoms with Crippen LogP contribution in [0.5, 0.6) is 5.75 Å². The Balaban J connectivity index is 2.18. The van der Waals surface area contributed by atoms with Crippen molar-refractivity contribution in [2.24, 2.45) is 15.7 Å². The van der Waals surface area contributed by atoms with Crippen molar-refractivity contribution in [1.29, 1.82) is 0 Å². The Morgan fingerprint density at radius 2 is 1.97 bits per heavy atom. The van der Waals surface area contributed by atoms with Gasteiger partial charge in [0.15, 0.2) is 0 Å². The number of nitrogens with two attached hydrogens (primary N) is 1. The van der Waals surface area contributed by atoms with E-state index in [-0.39, 0.29) is 11.7 Å². The molecule has 0 radical (unpaired) electrons. The quantitative estimate of drug-likeness (QED) is 0.519. The second kappa shape index (κ2) is 9.13. The summed E-state index contributed by atoms with van der Waals surface area (Å²) in [4.78, 5) is 22.5. The van der Waals surface area contributed by atoms with Gasteiger partial charge in [-0.25, -0.2) is 4.99 Å². The van der Waals surface area contributed by atoms with Crippen molar-refractivity contribution in [2.45, 2.75) is 25.9 Å². The van der Waals surface area contributed by atoms with E-state index in [0.29, 0.717) is 22.5 Å². The van der Waals surface area contributed by atoms with E-state index in [9.17, 15) is 13.6 Å². The average Bonchev–Trinajstić information content (AvgIpc) is 3.00. The highest BCUT2D eigenvalue weighted by molar-refractivity contribution is 5.98. The van der Waals surface area contributed by atoms with E-state index in [4.69, 9.17) is 5.73 Å². The van der Waals surface area contributed by atoms with E-state index in [1.54, 1.807) is 38.4 Å². The number of carbonyl (C=O) groups excluding carboxylic acids is 1. The molecule has 1 heterocycles. The lowest BCUT2D eigenvalue weighted by atomic mass is 9.73. The topological polar surface area (TPSA) is 80.3 Å². The Labute approximate surface area is 185 Å². The fourth-order valence-corrected chi connectivity index (χ4v) is 3.74. The molecule has 1 unspecified atom stereocenters. The van der Waals surface area contributed by atoms with Crippen molar-refractivity contribution in [1.82, 2.24) is 4.90 Å². The van der Waals surface area contributed by atoms with Crippen LogP contribution >= 0.6 is 0 Å².